The monoisotopic (exact) mass is 400 g/mol. The zero-order valence-electron chi connectivity index (χ0n) is 17.5. The molecule has 0 spiro atoms. The number of carboxylic acid groups (broad SMARTS) is 1. The molecule has 0 amide bonds. The van der Waals surface area contributed by atoms with E-state index in [4.69, 9.17) is 9.84 Å². The summed E-state index contributed by atoms with van der Waals surface area (Å²) in [6, 6.07) is 0. The first-order valence-electron chi connectivity index (χ1n) is 11.0. The second-order valence-electron chi connectivity index (χ2n) is 9.20. The van der Waals surface area contributed by atoms with E-state index in [9.17, 15) is 9.90 Å². The number of carbonyl (C=O) groups is 1. The van der Waals surface area contributed by atoms with Crippen molar-refractivity contribution in [2.75, 3.05) is 11.5 Å². The Morgan fingerprint density at radius 3 is 2.44 bits per heavy atom. The fourth-order valence-corrected chi connectivity index (χ4v) is 5.85. The maximum Gasteiger partial charge on any atom is 0.303 e. The van der Waals surface area contributed by atoms with Crippen LogP contribution in [0.1, 0.15) is 85.0 Å². The lowest BCUT2D eigenvalue weighted by Gasteiger charge is -2.33. The van der Waals surface area contributed by atoms with E-state index in [1.54, 1.807) is 0 Å². The molecule has 2 rings (SSSR count). The largest absolute Gasteiger partial charge is 0.481 e. The molecule has 2 aliphatic rings. The van der Waals surface area contributed by atoms with Crippen molar-refractivity contribution < 1.29 is 19.7 Å². The Balaban J connectivity index is 1.74. The van der Waals surface area contributed by atoms with Gasteiger partial charge in [0.15, 0.2) is 0 Å². The number of hydrogen-bond acceptors (Lipinski definition) is 4. The summed E-state index contributed by atoms with van der Waals surface area (Å²) in [4.78, 5) is 10.6. The Morgan fingerprint density at radius 2 is 1.81 bits per heavy atom. The zero-order chi connectivity index (χ0) is 19.9. The third kappa shape index (κ3) is 6.93. The highest BCUT2D eigenvalue weighted by molar-refractivity contribution is 7.99. The lowest BCUT2D eigenvalue weighted by Crippen LogP contribution is -2.33. The minimum absolute atomic E-state index is 0.00394. The fraction of sp³-hybridized carbons (Fsp3) is 0.955. The first kappa shape index (κ1) is 23.0. The van der Waals surface area contributed by atoms with Crippen LogP contribution in [-0.2, 0) is 9.53 Å². The number of unbranched alkanes of at least 4 members (excludes halogenated alkanes) is 1. The second-order valence-corrected chi connectivity index (χ2v) is 10.4. The molecule has 5 heteroatoms. The van der Waals surface area contributed by atoms with Gasteiger partial charge in [-0.3, -0.25) is 4.79 Å². The summed E-state index contributed by atoms with van der Waals surface area (Å²) in [6.45, 7) is 6.62. The molecule has 0 aromatic heterocycles. The summed E-state index contributed by atoms with van der Waals surface area (Å²) < 4.78 is 6.22. The van der Waals surface area contributed by atoms with Crippen LogP contribution in [0.5, 0.6) is 0 Å². The lowest BCUT2D eigenvalue weighted by atomic mass is 9.73. The molecule has 2 aliphatic heterocycles. The van der Waals surface area contributed by atoms with Crippen molar-refractivity contribution in [2.45, 2.75) is 103 Å². The first-order valence-corrected chi connectivity index (χ1v) is 12.1. The number of rotatable bonds is 14. The number of carboxylic acids is 1. The van der Waals surface area contributed by atoms with E-state index in [1.165, 1.54) is 32.1 Å². The van der Waals surface area contributed by atoms with Gasteiger partial charge in [-0.2, -0.15) is 11.8 Å². The Hall–Kier alpha value is -0.260. The summed E-state index contributed by atoms with van der Waals surface area (Å²) in [7, 11) is 0. The number of fused-ring (bicyclic) bond motifs is 2. The Morgan fingerprint density at radius 1 is 1.15 bits per heavy atom. The molecule has 0 aromatic carbocycles. The average Bonchev–Trinajstić information content (AvgIpc) is 3.22. The van der Waals surface area contributed by atoms with Crippen molar-refractivity contribution in [2.24, 2.45) is 17.3 Å². The minimum atomic E-state index is -0.697. The van der Waals surface area contributed by atoms with E-state index < -0.39 is 5.97 Å². The van der Waals surface area contributed by atoms with Crippen LogP contribution in [0.4, 0.5) is 0 Å². The van der Waals surface area contributed by atoms with E-state index in [1.807, 2.05) is 11.8 Å². The van der Waals surface area contributed by atoms with Crippen LogP contribution >= 0.6 is 11.8 Å². The molecular formula is C22H40O4S. The molecular weight excluding hydrogens is 360 g/mol. The fourth-order valence-electron chi connectivity index (χ4n) is 4.86. The van der Waals surface area contributed by atoms with Gasteiger partial charge in [-0.25, -0.2) is 0 Å². The van der Waals surface area contributed by atoms with Gasteiger partial charge in [0, 0.05) is 6.42 Å². The standard InChI is InChI=1S/C22H40O4S/c1-4-5-13-22(2,3)20(23)11-8-16-17(19-10-9-18(16)26-19)12-15-27-14-6-7-21(24)25/h16-20,23H,4-15H2,1-3H3,(H,24,25)/t16-,17+,18-,19+,20?/m0/s1. The predicted molar refractivity (Wildman–Crippen MR) is 112 cm³/mol. The number of hydrogen-bond donors (Lipinski definition) is 2. The molecule has 0 aromatic rings. The van der Waals surface area contributed by atoms with Gasteiger partial charge in [0.2, 0.25) is 0 Å². The van der Waals surface area contributed by atoms with E-state index in [2.05, 4.69) is 20.8 Å². The summed E-state index contributed by atoms with van der Waals surface area (Å²) >= 11 is 1.88. The van der Waals surface area contributed by atoms with Crippen LogP contribution in [0.3, 0.4) is 0 Å². The quantitative estimate of drug-likeness (QED) is 0.396. The molecule has 2 saturated heterocycles. The molecule has 2 fully saturated rings. The minimum Gasteiger partial charge on any atom is -0.481 e. The normalized spacial score (nSPS) is 28.6. The van der Waals surface area contributed by atoms with Crippen molar-refractivity contribution in [1.29, 1.82) is 0 Å². The third-order valence-electron chi connectivity index (χ3n) is 6.72. The smallest absolute Gasteiger partial charge is 0.303 e. The van der Waals surface area contributed by atoms with E-state index in [0.29, 0.717) is 24.0 Å². The van der Waals surface area contributed by atoms with Gasteiger partial charge in [0.05, 0.1) is 18.3 Å². The molecule has 2 bridgehead atoms. The first-order chi connectivity index (χ1) is 12.8. The van der Waals surface area contributed by atoms with Crippen molar-refractivity contribution in [3.8, 4) is 0 Å². The maximum atomic E-state index is 10.7. The predicted octanol–water partition coefficient (Wildman–Crippen LogP) is 5.13. The Labute approximate surface area is 169 Å². The maximum absolute atomic E-state index is 10.7. The van der Waals surface area contributed by atoms with E-state index >= 15 is 0 Å². The van der Waals surface area contributed by atoms with Crippen LogP contribution in [-0.4, -0.2) is 46.0 Å². The number of aliphatic hydroxyl groups excluding tert-OH is 1. The van der Waals surface area contributed by atoms with Crippen LogP contribution in [0.15, 0.2) is 0 Å². The molecule has 0 saturated carbocycles. The average molecular weight is 401 g/mol. The highest BCUT2D eigenvalue weighted by Gasteiger charge is 2.48. The molecule has 27 heavy (non-hydrogen) atoms. The van der Waals surface area contributed by atoms with Crippen LogP contribution in [0.25, 0.3) is 0 Å². The van der Waals surface area contributed by atoms with Crippen molar-refractivity contribution in [3.05, 3.63) is 0 Å². The number of aliphatic hydroxyl groups is 1. The number of ether oxygens (including phenoxy) is 1. The van der Waals surface area contributed by atoms with Gasteiger partial charge in [-0.05, 0) is 73.7 Å². The van der Waals surface area contributed by atoms with Gasteiger partial charge >= 0.3 is 5.97 Å². The Bertz CT molecular complexity index is 454. The summed E-state index contributed by atoms with van der Waals surface area (Å²) in [5, 5.41) is 19.5. The molecule has 158 valence electrons. The molecule has 0 aliphatic carbocycles. The van der Waals surface area contributed by atoms with Crippen molar-refractivity contribution in [3.63, 3.8) is 0 Å². The number of thioether (sulfide) groups is 1. The van der Waals surface area contributed by atoms with Gasteiger partial charge in [0.1, 0.15) is 0 Å². The molecule has 2 N–H and O–H groups in total. The lowest BCUT2D eigenvalue weighted by molar-refractivity contribution is -0.137. The SMILES string of the molecule is CCCCC(C)(C)C(O)CC[C@H]1[C@@H](CCSCCCC(=O)O)[C@H]2CC[C@@H]1O2. The van der Waals surface area contributed by atoms with Crippen molar-refractivity contribution in [1.82, 2.24) is 0 Å². The van der Waals surface area contributed by atoms with E-state index in [-0.39, 0.29) is 17.9 Å². The van der Waals surface area contributed by atoms with Crippen LogP contribution in [0, 0.1) is 17.3 Å². The molecule has 1 unspecified atom stereocenters. The summed E-state index contributed by atoms with van der Waals surface area (Å²) in [5.41, 5.74) is 0.00394. The highest BCUT2D eigenvalue weighted by atomic mass is 32.2. The van der Waals surface area contributed by atoms with E-state index in [0.717, 1.165) is 37.2 Å². The molecule has 5 atom stereocenters. The summed E-state index contributed by atoms with van der Waals surface area (Å²) in [6.07, 6.45) is 10.6. The van der Waals surface area contributed by atoms with Gasteiger partial charge in [-0.15, -0.1) is 0 Å². The van der Waals surface area contributed by atoms with Gasteiger partial charge in [-0.1, -0.05) is 33.6 Å². The Kier molecular flexibility index (Phi) is 9.43. The zero-order valence-corrected chi connectivity index (χ0v) is 18.3. The molecule has 2 heterocycles. The van der Waals surface area contributed by atoms with Crippen molar-refractivity contribution >= 4 is 17.7 Å². The van der Waals surface area contributed by atoms with Crippen LogP contribution < -0.4 is 0 Å². The van der Waals surface area contributed by atoms with Gasteiger partial charge in [0.25, 0.3) is 0 Å². The second kappa shape index (κ2) is 11.1. The molecule has 4 nitrogen and oxygen atoms in total. The third-order valence-corrected chi connectivity index (χ3v) is 7.82. The number of aliphatic carboxylic acids is 1. The van der Waals surface area contributed by atoms with Crippen LogP contribution in [0.2, 0.25) is 0 Å². The molecule has 0 radical (unpaired) electrons. The van der Waals surface area contributed by atoms with Gasteiger partial charge < -0.3 is 14.9 Å². The topological polar surface area (TPSA) is 66.8 Å². The summed E-state index contributed by atoms with van der Waals surface area (Å²) in [5.74, 6) is 2.56. The highest BCUT2D eigenvalue weighted by Crippen LogP contribution is 2.48.